The minimum Gasteiger partial charge on any atom is -0.198 e. The minimum absolute atomic E-state index is 0.318. The Morgan fingerprint density at radius 1 is 1.36 bits per heavy atom. The van der Waals surface area contributed by atoms with Gasteiger partial charge in [0.1, 0.15) is 0 Å². The van der Waals surface area contributed by atoms with E-state index in [1.165, 1.54) is 0 Å². The van der Waals surface area contributed by atoms with Gasteiger partial charge >= 0.3 is 0 Å². The van der Waals surface area contributed by atoms with Crippen molar-refractivity contribution in [1.29, 1.82) is 5.26 Å². The Morgan fingerprint density at radius 3 is 2.79 bits per heavy atom. The largest absolute Gasteiger partial charge is 0.198 e. The first kappa shape index (κ1) is 11.4. The molecule has 0 spiro atoms. The van der Waals surface area contributed by atoms with Crippen molar-refractivity contribution < 1.29 is 0 Å². The van der Waals surface area contributed by atoms with Crippen molar-refractivity contribution in [2.75, 3.05) is 0 Å². The fraction of sp³-hybridized carbons (Fsp3) is 0.583. The van der Waals surface area contributed by atoms with Crippen molar-refractivity contribution in [2.24, 2.45) is 11.8 Å². The molecular formula is C12H17NS. The van der Waals surface area contributed by atoms with E-state index in [-0.39, 0.29) is 0 Å². The van der Waals surface area contributed by atoms with Crippen LogP contribution in [-0.4, -0.2) is 5.25 Å². The summed E-state index contributed by atoms with van der Waals surface area (Å²) in [6.45, 7) is 2.21. The number of thiol groups is 1. The number of rotatable bonds is 1. The van der Waals surface area contributed by atoms with Crippen LogP contribution in [-0.2, 0) is 0 Å². The quantitative estimate of drug-likeness (QED) is 0.517. The van der Waals surface area contributed by atoms with Crippen molar-refractivity contribution in [3.63, 3.8) is 0 Å². The van der Waals surface area contributed by atoms with E-state index < -0.39 is 0 Å². The standard InChI is InChI=1S/C12H17NS/c1-10-4-2-3-5-11(8-9-13)6-7-12(10)14/h2-3,6-7,10-12,14H,4-5,8H2,1H3. The number of nitrogens with zero attached hydrogens (tertiary/aromatic N) is 1. The first-order valence-electron chi connectivity index (χ1n) is 5.12. The maximum absolute atomic E-state index is 8.64. The highest BCUT2D eigenvalue weighted by Gasteiger charge is 2.11. The van der Waals surface area contributed by atoms with Gasteiger partial charge < -0.3 is 0 Å². The number of nitriles is 1. The molecule has 0 amide bonds. The van der Waals surface area contributed by atoms with Gasteiger partial charge in [-0.2, -0.15) is 17.9 Å². The molecule has 14 heavy (non-hydrogen) atoms. The Hall–Kier alpha value is -0.680. The molecule has 2 heteroatoms. The van der Waals surface area contributed by atoms with Crippen LogP contribution in [0.2, 0.25) is 0 Å². The summed E-state index contributed by atoms with van der Waals surface area (Å²) in [5.41, 5.74) is 0. The highest BCUT2D eigenvalue weighted by Crippen LogP contribution is 2.21. The Kier molecular flexibility index (Phi) is 4.82. The predicted molar refractivity (Wildman–Crippen MR) is 63.2 cm³/mol. The molecule has 0 aromatic rings. The topological polar surface area (TPSA) is 23.8 Å². The molecule has 0 radical (unpaired) electrons. The fourth-order valence-electron chi connectivity index (χ4n) is 1.53. The molecule has 0 aromatic carbocycles. The van der Waals surface area contributed by atoms with Gasteiger partial charge in [-0.05, 0) is 24.7 Å². The highest BCUT2D eigenvalue weighted by atomic mass is 32.1. The average molecular weight is 207 g/mol. The fourth-order valence-corrected chi connectivity index (χ4v) is 1.75. The zero-order chi connectivity index (χ0) is 10.4. The average Bonchev–Trinajstić information content (AvgIpc) is 2.24. The maximum atomic E-state index is 8.64. The summed E-state index contributed by atoms with van der Waals surface area (Å²) in [4.78, 5) is 0. The summed E-state index contributed by atoms with van der Waals surface area (Å²) in [7, 11) is 0. The lowest BCUT2D eigenvalue weighted by Crippen LogP contribution is -2.07. The summed E-state index contributed by atoms with van der Waals surface area (Å²) >= 11 is 4.53. The smallest absolute Gasteiger partial charge is 0.0628 e. The van der Waals surface area contributed by atoms with Crippen molar-refractivity contribution in [3.05, 3.63) is 24.3 Å². The molecule has 0 saturated carbocycles. The Labute approximate surface area is 91.9 Å². The van der Waals surface area contributed by atoms with Gasteiger partial charge in [-0.3, -0.25) is 0 Å². The summed E-state index contributed by atoms with van der Waals surface area (Å²) in [6.07, 6.45) is 11.4. The van der Waals surface area contributed by atoms with E-state index in [0.29, 0.717) is 23.5 Å². The van der Waals surface area contributed by atoms with E-state index in [4.69, 9.17) is 5.26 Å². The third kappa shape index (κ3) is 3.59. The maximum Gasteiger partial charge on any atom is 0.0628 e. The molecular weight excluding hydrogens is 190 g/mol. The first-order valence-corrected chi connectivity index (χ1v) is 5.64. The van der Waals surface area contributed by atoms with E-state index in [0.717, 1.165) is 12.8 Å². The van der Waals surface area contributed by atoms with Crippen LogP contribution in [0.3, 0.4) is 0 Å². The monoisotopic (exact) mass is 207 g/mol. The number of allylic oxidation sites excluding steroid dienone is 3. The zero-order valence-electron chi connectivity index (χ0n) is 8.56. The second-order valence-corrected chi connectivity index (χ2v) is 4.51. The lowest BCUT2D eigenvalue weighted by Gasteiger charge is -2.13. The molecule has 0 saturated heterocycles. The van der Waals surface area contributed by atoms with Crippen LogP contribution < -0.4 is 0 Å². The van der Waals surface area contributed by atoms with Gasteiger partial charge in [0.2, 0.25) is 0 Å². The van der Waals surface area contributed by atoms with E-state index in [9.17, 15) is 0 Å². The molecule has 1 rings (SSSR count). The van der Waals surface area contributed by atoms with Crippen LogP contribution in [0.25, 0.3) is 0 Å². The lowest BCUT2D eigenvalue weighted by atomic mass is 10.0. The van der Waals surface area contributed by atoms with Crippen LogP contribution in [0.1, 0.15) is 26.2 Å². The van der Waals surface area contributed by atoms with E-state index in [2.05, 4.69) is 49.9 Å². The van der Waals surface area contributed by atoms with E-state index in [1.54, 1.807) is 0 Å². The van der Waals surface area contributed by atoms with Gasteiger partial charge in [0.25, 0.3) is 0 Å². The van der Waals surface area contributed by atoms with Gasteiger partial charge in [0.05, 0.1) is 6.07 Å². The molecule has 3 unspecified atom stereocenters. The first-order chi connectivity index (χ1) is 6.74. The van der Waals surface area contributed by atoms with Crippen molar-refractivity contribution in [1.82, 2.24) is 0 Å². The molecule has 0 bridgehead atoms. The molecule has 0 N–H and O–H groups in total. The molecule has 0 aromatic heterocycles. The summed E-state index contributed by atoms with van der Waals surface area (Å²) in [5.74, 6) is 0.947. The van der Waals surface area contributed by atoms with Gasteiger partial charge in [-0.25, -0.2) is 0 Å². The lowest BCUT2D eigenvalue weighted by molar-refractivity contribution is 0.618. The molecule has 76 valence electrons. The predicted octanol–water partition coefficient (Wildman–Crippen LogP) is 3.36. The third-order valence-electron chi connectivity index (χ3n) is 2.63. The Bertz CT molecular complexity index is 262. The van der Waals surface area contributed by atoms with Crippen LogP contribution >= 0.6 is 12.6 Å². The third-order valence-corrected chi connectivity index (χ3v) is 3.31. The van der Waals surface area contributed by atoms with Gasteiger partial charge in [0.15, 0.2) is 0 Å². The van der Waals surface area contributed by atoms with Gasteiger partial charge in [0, 0.05) is 11.7 Å². The molecule has 1 nitrogen and oxygen atoms in total. The minimum atomic E-state index is 0.318. The summed E-state index contributed by atoms with van der Waals surface area (Å²) in [5, 5.41) is 8.96. The van der Waals surface area contributed by atoms with Gasteiger partial charge in [-0.15, -0.1) is 0 Å². The van der Waals surface area contributed by atoms with Crippen LogP contribution in [0.15, 0.2) is 24.3 Å². The van der Waals surface area contributed by atoms with Crippen LogP contribution in [0.5, 0.6) is 0 Å². The molecule has 0 heterocycles. The second-order valence-electron chi connectivity index (χ2n) is 3.92. The van der Waals surface area contributed by atoms with Crippen LogP contribution in [0, 0.1) is 23.2 Å². The molecule has 0 fully saturated rings. The van der Waals surface area contributed by atoms with Crippen LogP contribution in [0.4, 0.5) is 0 Å². The van der Waals surface area contributed by atoms with Crippen molar-refractivity contribution >= 4 is 12.6 Å². The van der Waals surface area contributed by atoms with E-state index in [1.807, 2.05) is 0 Å². The van der Waals surface area contributed by atoms with Crippen molar-refractivity contribution in [2.45, 2.75) is 31.4 Å². The van der Waals surface area contributed by atoms with Gasteiger partial charge in [-0.1, -0.05) is 31.2 Å². The molecule has 0 aliphatic heterocycles. The second kappa shape index (κ2) is 5.93. The number of hydrogen-bond donors (Lipinski definition) is 1. The highest BCUT2D eigenvalue weighted by molar-refractivity contribution is 7.81. The molecule has 1 aliphatic carbocycles. The zero-order valence-corrected chi connectivity index (χ0v) is 9.45. The molecule has 3 atom stereocenters. The normalized spacial score (nSPS) is 32.8. The Balaban J connectivity index is 2.66. The Morgan fingerprint density at radius 2 is 2.07 bits per heavy atom. The van der Waals surface area contributed by atoms with E-state index >= 15 is 0 Å². The number of hydrogen-bond acceptors (Lipinski definition) is 2. The van der Waals surface area contributed by atoms with Crippen molar-refractivity contribution in [3.8, 4) is 6.07 Å². The molecule has 1 aliphatic rings. The summed E-state index contributed by atoms with van der Waals surface area (Å²) in [6, 6.07) is 2.22. The summed E-state index contributed by atoms with van der Waals surface area (Å²) < 4.78 is 0. The SMILES string of the molecule is CC1CC=CCC(CC#N)C=CC1S.